The highest BCUT2D eigenvalue weighted by Gasteiger charge is 2.21. The Hall–Kier alpha value is -2.44. The zero-order valence-electron chi connectivity index (χ0n) is 11.3. The minimum atomic E-state index is -1.12. The van der Waals surface area contributed by atoms with E-state index in [0.717, 1.165) is 6.07 Å². The number of nitrogens with one attached hydrogen (secondary N) is 1. The van der Waals surface area contributed by atoms with Gasteiger partial charge in [0.1, 0.15) is 6.04 Å². The van der Waals surface area contributed by atoms with E-state index in [-0.39, 0.29) is 11.3 Å². The molecule has 0 aromatic heterocycles. The quantitative estimate of drug-likeness (QED) is 0.610. The maximum atomic E-state index is 11.9. The Kier molecular flexibility index (Phi) is 5.19. The summed E-state index contributed by atoms with van der Waals surface area (Å²) in [4.78, 5) is 33.1. The van der Waals surface area contributed by atoms with E-state index < -0.39 is 22.8 Å². The Morgan fingerprint density at radius 1 is 1.45 bits per heavy atom. The van der Waals surface area contributed by atoms with Gasteiger partial charge in [0.05, 0.1) is 4.92 Å². The van der Waals surface area contributed by atoms with E-state index in [1.807, 2.05) is 0 Å². The lowest BCUT2D eigenvalue weighted by atomic mass is 10.1. The first-order chi connectivity index (χ1) is 9.36. The largest absolute Gasteiger partial charge is 0.480 e. The van der Waals surface area contributed by atoms with Crippen LogP contribution in [0.3, 0.4) is 0 Å². The summed E-state index contributed by atoms with van der Waals surface area (Å²) in [7, 11) is 0. The van der Waals surface area contributed by atoms with Crippen molar-refractivity contribution in [3.8, 4) is 0 Å². The van der Waals surface area contributed by atoms with Gasteiger partial charge in [-0.3, -0.25) is 14.9 Å². The summed E-state index contributed by atoms with van der Waals surface area (Å²) in [6.45, 7) is 3.37. The number of carbonyl (C=O) groups excluding carboxylic acids is 1. The lowest BCUT2D eigenvalue weighted by Crippen LogP contribution is -2.40. The van der Waals surface area contributed by atoms with E-state index in [1.165, 1.54) is 12.1 Å². The Balaban J connectivity index is 2.95. The number of hydrogen-bond acceptors (Lipinski definition) is 4. The molecule has 7 heteroatoms. The van der Waals surface area contributed by atoms with Gasteiger partial charge in [-0.25, -0.2) is 4.79 Å². The Morgan fingerprint density at radius 3 is 2.60 bits per heavy atom. The number of carboxylic acid groups (broad SMARTS) is 1. The molecule has 108 valence electrons. The fraction of sp³-hybridized carbons (Fsp3) is 0.385. The van der Waals surface area contributed by atoms with Crippen LogP contribution < -0.4 is 5.32 Å². The molecule has 2 N–H and O–H groups in total. The number of amides is 1. The van der Waals surface area contributed by atoms with Gasteiger partial charge in [-0.15, -0.1) is 0 Å². The fourth-order valence-corrected chi connectivity index (χ4v) is 1.73. The number of rotatable bonds is 6. The van der Waals surface area contributed by atoms with Gasteiger partial charge in [-0.2, -0.15) is 0 Å². The van der Waals surface area contributed by atoms with Crippen LogP contribution in [0, 0.1) is 17.0 Å². The monoisotopic (exact) mass is 280 g/mol. The highest BCUT2D eigenvalue weighted by atomic mass is 16.6. The van der Waals surface area contributed by atoms with Crippen molar-refractivity contribution in [1.82, 2.24) is 5.32 Å². The summed E-state index contributed by atoms with van der Waals surface area (Å²) in [6.07, 6.45) is 0.903. The van der Waals surface area contributed by atoms with Crippen LogP contribution in [0.15, 0.2) is 18.2 Å². The second-order valence-electron chi connectivity index (χ2n) is 4.41. The minimum absolute atomic E-state index is 0.0738. The molecule has 1 atom stereocenters. The SMILES string of the molecule is CCC[C@@H](NC(=O)c1ccc(C)c([N+](=O)[O-])c1)C(=O)O. The van der Waals surface area contributed by atoms with E-state index in [4.69, 9.17) is 5.11 Å². The molecule has 0 aliphatic rings. The third kappa shape index (κ3) is 3.78. The molecule has 0 fully saturated rings. The number of carbonyl (C=O) groups is 2. The van der Waals surface area contributed by atoms with Crippen LogP contribution in [0.2, 0.25) is 0 Å². The van der Waals surface area contributed by atoms with E-state index in [9.17, 15) is 19.7 Å². The Labute approximate surface area is 115 Å². The molecule has 0 spiro atoms. The van der Waals surface area contributed by atoms with Gasteiger partial charge in [-0.1, -0.05) is 19.4 Å². The zero-order valence-corrected chi connectivity index (χ0v) is 11.3. The molecule has 0 aliphatic carbocycles. The summed E-state index contributed by atoms with van der Waals surface area (Å²) in [5, 5.41) is 22.1. The van der Waals surface area contributed by atoms with Crippen LogP contribution in [-0.4, -0.2) is 27.9 Å². The number of carboxylic acids is 1. The van der Waals surface area contributed by atoms with Gasteiger partial charge >= 0.3 is 5.97 Å². The van der Waals surface area contributed by atoms with Crippen molar-refractivity contribution in [2.45, 2.75) is 32.7 Å². The van der Waals surface area contributed by atoms with Crippen LogP contribution >= 0.6 is 0 Å². The maximum Gasteiger partial charge on any atom is 0.326 e. The molecule has 0 aliphatic heterocycles. The molecule has 20 heavy (non-hydrogen) atoms. The topological polar surface area (TPSA) is 110 Å². The standard InChI is InChI=1S/C13H16N2O5/c1-3-4-10(13(17)18)14-12(16)9-6-5-8(2)11(7-9)15(19)20/h5-7,10H,3-4H2,1-2H3,(H,14,16)(H,17,18)/t10-/m1/s1. The summed E-state index contributed by atoms with van der Waals surface area (Å²) >= 11 is 0. The molecule has 1 amide bonds. The fourth-order valence-electron chi connectivity index (χ4n) is 1.73. The third-order valence-electron chi connectivity index (χ3n) is 2.85. The number of hydrogen-bond donors (Lipinski definition) is 2. The normalized spacial score (nSPS) is 11.7. The predicted molar refractivity (Wildman–Crippen MR) is 71.6 cm³/mol. The van der Waals surface area contributed by atoms with Crippen molar-refractivity contribution < 1.29 is 19.6 Å². The van der Waals surface area contributed by atoms with Gasteiger partial charge in [0.15, 0.2) is 0 Å². The van der Waals surface area contributed by atoms with Crippen molar-refractivity contribution >= 4 is 17.6 Å². The van der Waals surface area contributed by atoms with Crippen LogP contribution in [0.4, 0.5) is 5.69 Å². The lowest BCUT2D eigenvalue weighted by Gasteiger charge is -2.13. The van der Waals surface area contributed by atoms with Gasteiger partial charge < -0.3 is 10.4 Å². The zero-order chi connectivity index (χ0) is 15.3. The Morgan fingerprint density at radius 2 is 2.10 bits per heavy atom. The third-order valence-corrected chi connectivity index (χ3v) is 2.85. The first-order valence-corrected chi connectivity index (χ1v) is 6.15. The van der Waals surface area contributed by atoms with Crippen molar-refractivity contribution in [3.05, 3.63) is 39.4 Å². The highest BCUT2D eigenvalue weighted by Crippen LogP contribution is 2.19. The van der Waals surface area contributed by atoms with Gasteiger partial charge in [0.25, 0.3) is 11.6 Å². The van der Waals surface area contributed by atoms with Crippen molar-refractivity contribution in [3.63, 3.8) is 0 Å². The molecular weight excluding hydrogens is 264 g/mol. The number of nitrogens with zero attached hydrogens (tertiary/aromatic N) is 1. The van der Waals surface area contributed by atoms with Crippen molar-refractivity contribution in [1.29, 1.82) is 0 Å². The average molecular weight is 280 g/mol. The Bertz CT molecular complexity index is 542. The molecule has 0 heterocycles. The summed E-state index contributed by atoms with van der Waals surface area (Å²) in [6, 6.07) is 3.05. The molecule has 0 saturated carbocycles. The average Bonchev–Trinajstić information content (AvgIpc) is 2.38. The van der Waals surface area contributed by atoms with E-state index >= 15 is 0 Å². The first-order valence-electron chi connectivity index (χ1n) is 6.15. The molecule has 1 aromatic rings. The molecule has 7 nitrogen and oxygen atoms in total. The molecule has 1 aromatic carbocycles. The number of aryl methyl sites for hydroxylation is 1. The van der Waals surface area contributed by atoms with Crippen LogP contribution in [-0.2, 0) is 4.79 Å². The second kappa shape index (κ2) is 6.65. The van der Waals surface area contributed by atoms with Gasteiger partial charge in [-0.05, 0) is 19.4 Å². The smallest absolute Gasteiger partial charge is 0.326 e. The molecule has 0 saturated heterocycles. The number of aliphatic carboxylic acids is 1. The van der Waals surface area contributed by atoms with Crippen molar-refractivity contribution in [2.75, 3.05) is 0 Å². The first kappa shape index (κ1) is 15.6. The van der Waals surface area contributed by atoms with Gasteiger partial charge in [0.2, 0.25) is 0 Å². The van der Waals surface area contributed by atoms with Gasteiger partial charge in [0, 0.05) is 17.2 Å². The van der Waals surface area contributed by atoms with Crippen molar-refractivity contribution in [2.24, 2.45) is 0 Å². The molecule has 0 radical (unpaired) electrons. The second-order valence-corrected chi connectivity index (χ2v) is 4.41. The molecular formula is C13H16N2O5. The van der Waals surface area contributed by atoms with E-state index in [2.05, 4.69) is 5.32 Å². The molecule has 0 bridgehead atoms. The van der Waals surface area contributed by atoms with Crippen LogP contribution in [0.25, 0.3) is 0 Å². The number of benzene rings is 1. The van der Waals surface area contributed by atoms with Crippen LogP contribution in [0.1, 0.15) is 35.7 Å². The van der Waals surface area contributed by atoms with Crippen LogP contribution in [0.5, 0.6) is 0 Å². The summed E-state index contributed by atoms with van der Waals surface area (Å²) in [5.74, 6) is -1.75. The molecule has 0 unspecified atom stereocenters. The minimum Gasteiger partial charge on any atom is -0.480 e. The number of nitro groups is 1. The predicted octanol–water partition coefficient (Wildman–Crippen LogP) is 1.89. The van der Waals surface area contributed by atoms with E-state index in [1.54, 1.807) is 13.8 Å². The number of nitro benzene ring substituents is 1. The van der Waals surface area contributed by atoms with E-state index in [0.29, 0.717) is 18.4 Å². The highest BCUT2D eigenvalue weighted by molar-refractivity contribution is 5.97. The lowest BCUT2D eigenvalue weighted by molar-refractivity contribution is -0.385. The summed E-state index contributed by atoms with van der Waals surface area (Å²) in [5.41, 5.74) is 0.347. The summed E-state index contributed by atoms with van der Waals surface area (Å²) < 4.78 is 0. The maximum absolute atomic E-state index is 11.9. The molecule has 1 rings (SSSR count).